The van der Waals surface area contributed by atoms with E-state index in [0.717, 1.165) is 55.6 Å². The predicted octanol–water partition coefficient (Wildman–Crippen LogP) is 4.67. The fourth-order valence-electron chi connectivity index (χ4n) is 4.50. The first kappa shape index (κ1) is 18.9. The summed E-state index contributed by atoms with van der Waals surface area (Å²) in [5.74, 6) is 1.15. The molecule has 1 fully saturated rings. The third-order valence-electron chi connectivity index (χ3n) is 5.88. The topological polar surface area (TPSA) is 29.5 Å². The maximum absolute atomic E-state index is 13.5. The van der Waals surface area contributed by atoms with E-state index in [1.54, 1.807) is 7.11 Å². The van der Waals surface area contributed by atoms with Gasteiger partial charge in [-0.1, -0.05) is 30.3 Å². The number of Topliss-reactive ketones (excluding diaryl/α,β-unsaturated/α-hetero) is 1. The maximum atomic E-state index is 13.5. The molecule has 1 aliphatic heterocycles. The molecule has 0 N–H and O–H groups in total. The number of halogens is 1. The SMILES string of the molecule is COc1ccc2c(c1)CCC1(CCCCN1Cc1ccccc1)C2=O.Cl. The van der Waals surface area contributed by atoms with Crippen LogP contribution in [0.4, 0.5) is 0 Å². The smallest absolute Gasteiger partial charge is 0.183 e. The molecule has 2 aromatic rings. The number of carbonyl (C=O) groups is 1. The van der Waals surface area contributed by atoms with Gasteiger partial charge in [-0.2, -0.15) is 0 Å². The molecule has 1 atom stereocenters. The van der Waals surface area contributed by atoms with Gasteiger partial charge in [-0.15, -0.1) is 12.4 Å². The van der Waals surface area contributed by atoms with Gasteiger partial charge in [0, 0.05) is 12.1 Å². The van der Waals surface area contributed by atoms with Crippen molar-refractivity contribution < 1.29 is 9.53 Å². The van der Waals surface area contributed by atoms with Crippen molar-refractivity contribution in [2.75, 3.05) is 13.7 Å². The number of benzene rings is 2. The van der Waals surface area contributed by atoms with E-state index in [-0.39, 0.29) is 17.9 Å². The highest BCUT2D eigenvalue weighted by atomic mass is 35.5. The molecule has 26 heavy (non-hydrogen) atoms. The highest BCUT2D eigenvalue weighted by Gasteiger charge is 2.47. The lowest BCUT2D eigenvalue weighted by Crippen LogP contribution is -2.58. The van der Waals surface area contributed by atoms with Crippen molar-refractivity contribution in [3.05, 3.63) is 65.2 Å². The second-order valence-electron chi connectivity index (χ2n) is 7.25. The van der Waals surface area contributed by atoms with Gasteiger partial charge in [0.2, 0.25) is 0 Å². The summed E-state index contributed by atoms with van der Waals surface area (Å²) in [5.41, 5.74) is 3.00. The molecule has 1 spiro atoms. The van der Waals surface area contributed by atoms with E-state index >= 15 is 0 Å². The summed E-state index contributed by atoms with van der Waals surface area (Å²) in [7, 11) is 1.68. The molecule has 2 aliphatic rings. The number of hydrogen-bond donors (Lipinski definition) is 0. The highest BCUT2D eigenvalue weighted by Crippen LogP contribution is 2.41. The van der Waals surface area contributed by atoms with E-state index in [1.165, 1.54) is 12.0 Å². The van der Waals surface area contributed by atoms with Crippen molar-refractivity contribution in [2.45, 2.75) is 44.2 Å². The maximum Gasteiger partial charge on any atom is 0.183 e. The van der Waals surface area contributed by atoms with Crippen molar-refractivity contribution in [1.29, 1.82) is 0 Å². The summed E-state index contributed by atoms with van der Waals surface area (Å²) in [6, 6.07) is 16.4. The van der Waals surface area contributed by atoms with Gasteiger partial charge in [0.15, 0.2) is 5.78 Å². The molecule has 4 rings (SSSR count). The van der Waals surface area contributed by atoms with Gasteiger partial charge in [0.1, 0.15) is 5.75 Å². The molecular formula is C22H26ClNO2. The molecule has 1 heterocycles. The summed E-state index contributed by atoms with van der Waals surface area (Å²) >= 11 is 0. The Labute approximate surface area is 161 Å². The summed E-state index contributed by atoms with van der Waals surface area (Å²) in [6.07, 6.45) is 5.16. The molecule has 1 saturated heterocycles. The highest BCUT2D eigenvalue weighted by molar-refractivity contribution is 6.05. The van der Waals surface area contributed by atoms with Crippen LogP contribution >= 0.6 is 12.4 Å². The monoisotopic (exact) mass is 371 g/mol. The number of carbonyl (C=O) groups excluding carboxylic acids is 1. The molecule has 4 heteroatoms. The molecule has 0 radical (unpaired) electrons. The van der Waals surface area contributed by atoms with Gasteiger partial charge in [-0.25, -0.2) is 0 Å². The number of ketones is 1. The Bertz CT molecular complexity index is 777. The van der Waals surface area contributed by atoms with E-state index in [0.29, 0.717) is 5.78 Å². The zero-order chi connectivity index (χ0) is 17.3. The van der Waals surface area contributed by atoms with Crippen LogP contribution in [0.1, 0.15) is 47.2 Å². The van der Waals surface area contributed by atoms with E-state index in [4.69, 9.17) is 4.74 Å². The predicted molar refractivity (Wildman–Crippen MR) is 106 cm³/mol. The molecule has 0 saturated carbocycles. The van der Waals surface area contributed by atoms with E-state index in [2.05, 4.69) is 29.2 Å². The largest absolute Gasteiger partial charge is 0.497 e. The van der Waals surface area contributed by atoms with E-state index < -0.39 is 0 Å². The fourth-order valence-corrected chi connectivity index (χ4v) is 4.50. The van der Waals surface area contributed by atoms with Crippen LogP contribution in [0, 0.1) is 0 Å². The first-order valence-electron chi connectivity index (χ1n) is 9.24. The number of fused-ring (bicyclic) bond motifs is 1. The van der Waals surface area contributed by atoms with Crippen LogP contribution < -0.4 is 4.74 Å². The van der Waals surface area contributed by atoms with Crippen LogP contribution in [-0.4, -0.2) is 29.9 Å². The second kappa shape index (κ2) is 7.81. The number of nitrogens with zero attached hydrogens (tertiary/aromatic N) is 1. The summed E-state index contributed by atoms with van der Waals surface area (Å²) < 4.78 is 5.33. The van der Waals surface area contributed by atoms with Gasteiger partial charge in [-0.05, 0) is 68.0 Å². The van der Waals surface area contributed by atoms with Crippen LogP contribution in [-0.2, 0) is 13.0 Å². The number of piperidine rings is 1. The Morgan fingerprint density at radius 2 is 1.88 bits per heavy atom. The minimum Gasteiger partial charge on any atom is -0.497 e. The number of rotatable bonds is 3. The van der Waals surface area contributed by atoms with Crippen molar-refractivity contribution in [1.82, 2.24) is 4.90 Å². The summed E-state index contributed by atoms with van der Waals surface area (Å²) in [6.45, 7) is 1.87. The first-order chi connectivity index (χ1) is 12.2. The minimum atomic E-state index is -0.324. The molecule has 138 valence electrons. The van der Waals surface area contributed by atoms with Gasteiger partial charge in [0.05, 0.1) is 12.6 Å². The minimum absolute atomic E-state index is 0. The van der Waals surface area contributed by atoms with Crippen LogP contribution in [0.15, 0.2) is 48.5 Å². The average Bonchev–Trinajstić information content (AvgIpc) is 2.67. The van der Waals surface area contributed by atoms with Crippen LogP contribution in [0.2, 0.25) is 0 Å². The Kier molecular flexibility index (Phi) is 5.69. The molecule has 1 aliphatic carbocycles. The summed E-state index contributed by atoms with van der Waals surface area (Å²) in [5, 5.41) is 0. The molecule has 0 amide bonds. The lowest BCUT2D eigenvalue weighted by molar-refractivity contribution is 0.0252. The third-order valence-corrected chi connectivity index (χ3v) is 5.88. The normalized spacial score (nSPS) is 22.6. The van der Waals surface area contributed by atoms with Gasteiger partial charge >= 0.3 is 0 Å². The Balaban J connectivity index is 0.00000196. The standard InChI is InChI=1S/C22H25NO2.ClH/c1-25-19-9-10-20-18(15-19)11-13-22(21(20)24)12-5-6-14-23(22)16-17-7-3-2-4-8-17;/h2-4,7-10,15H,5-6,11-14,16H2,1H3;1H. The molecule has 1 unspecified atom stereocenters. The molecule has 2 aromatic carbocycles. The molecular weight excluding hydrogens is 346 g/mol. The van der Waals surface area contributed by atoms with Gasteiger partial charge < -0.3 is 4.74 Å². The molecule has 0 bridgehead atoms. The Morgan fingerprint density at radius 3 is 2.65 bits per heavy atom. The van der Waals surface area contributed by atoms with Crippen molar-refractivity contribution in [3.8, 4) is 5.75 Å². The fraction of sp³-hybridized carbons (Fsp3) is 0.409. The lowest BCUT2D eigenvalue weighted by Gasteiger charge is -2.48. The van der Waals surface area contributed by atoms with E-state index in [9.17, 15) is 4.79 Å². The zero-order valence-electron chi connectivity index (χ0n) is 15.2. The van der Waals surface area contributed by atoms with Crippen LogP contribution in [0.25, 0.3) is 0 Å². The zero-order valence-corrected chi connectivity index (χ0v) is 16.1. The number of hydrogen-bond acceptors (Lipinski definition) is 3. The average molecular weight is 372 g/mol. The quantitative estimate of drug-likeness (QED) is 0.785. The van der Waals surface area contributed by atoms with Crippen LogP contribution in [0.5, 0.6) is 5.75 Å². The first-order valence-corrected chi connectivity index (χ1v) is 9.24. The Morgan fingerprint density at radius 1 is 1.08 bits per heavy atom. The number of methoxy groups -OCH3 is 1. The third kappa shape index (κ3) is 3.26. The summed E-state index contributed by atoms with van der Waals surface area (Å²) in [4.78, 5) is 16.0. The van der Waals surface area contributed by atoms with Gasteiger partial charge in [0.25, 0.3) is 0 Å². The molecule has 0 aromatic heterocycles. The number of aryl methyl sites for hydroxylation is 1. The second-order valence-corrected chi connectivity index (χ2v) is 7.25. The van der Waals surface area contributed by atoms with Crippen LogP contribution in [0.3, 0.4) is 0 Å². The van der Waals surface area contributed by atoms with Crippen molar-refractivity contribution in [3.63, 3.8) is 0 Å². The Hall–Kier alpha value is -1.84. The number of likely N-dealkylation sites (tertiary alicyclic amines) is 1. The van der Waals surface area contributed by atoms with Crippen molar-refractivity contribution >= 4 is 18.2 Å². The molecule has 3 nitrogen and oxygen atoms in total. The van der Waals surface area contributed by atoms with Crippen molar-refractivity contribution in [2.24, 2.45) is 0 Å². The number of ether oxygens (including phenoxy) is 1. The van der Waals surface area contributed by atoms with E-state index in [1.807, 2.05) is 24.3 Å². The lowest BCUT2D eigenvalue weighted by atomic mass is 9.71. The van der Waals surface area contributed by atoms with Gasteiger partial charge in [-0.3, -0.25) is 9.69 Å².